The summed E-state index contributed by atoms with van der Waals surface area (Å²) in [5.41, 5.74) is 4.86. The molecule has 23 heavy (non-hydrogen) atoms. The van der Waals surface area contributed by atoms with Crippen LogP contribution in [0, 0.1) is 0 Å². The molecular formula is C19H24N2O2. The Morgan fingerprint density at radius 2 is 1.43 bits per heavy atom. The average molecular weight is 312 g/mol. The molecule has 0 amide bonds. The highest BCUT2D eigenvalue weighted by molar-refractivity contribution is 5.81. The van der Waals surface area contributed by atoms with E-state index >= 15 is 0 Å². The number of para-hydroxylation sites is 1. The van der Waals surface area contributed by atoms with Gasteiger partial charge in [0.15, 0.2) is 0 Å². The van der Waals surface area contributed by atoms with Gasteiger partial charge in [0.1, 0.15) is 11.5 Å². The van der Waals surface area contributed by atoms with Crippen LogP contribution in [0.15, 0.2) is 53.6 Å². The number of hydrogen-bond donors (Lipinski definition) is 1. The SMILES string of the molecule is CC(C)Oc1cc(C=NNc2ccccc2)cc(OC(C)C)c1. The molecule has 122 valence electrons. The summed E-state index contributed by atoms with van der Waals surface area (Å²) < 4.78 is 11.6. The van der Waals surface area contributed by atoms with Crippen molar-refractivity contribution in [2.75, 3.05) is 5.43 Å². The summed E-state index contributed by atoms with van der Waals surface area (Å²) in [6.07, 6.45) is 1.97. The molecule has 0 saturated heterocycles. The van der Waals surface area contributed by atoms with E-state index in [9.17, 15) is 0 Å². The van der Waals surface area contributed by atoms with Crippen molar-refractivity contribution in [1.82, 2.24) is 0 Å². The first kappa shape index (κ1) is 16.9. The van der Waals surface area contributed by atoms with Crippen molar-refractivity contribution in [2.45, 2.75) is 39.9 Å². The summed E-state index contributed by atoms with van der Waals surface area (Å²) in [7, 11) is 0. The van der Waals surface area contributed by atoms with Crippen molar-refractivity contribution in [3.8, 4) is 11.5 Å². The van der Waals surface area contributed by atoms with Crippen LogP contribution in [0.4, 0.5) is 5.69 Å². The van der Waals surface area contributed by atoms with Crippen LogP contribution in [0.5, 0.6) is 11.5 Å². The molecular weight excluding hydrogens is 288 g/mol. The molecule has 4 heteroatoms. The van der Waals surface area contributed by atoms with Crippen molar-refractivity contribution >= 4 is 11.9 Å². The second kappa shape index (κ2) is 8.22. The molecule has 1 N–H and O–H groups in total. The van der Waals surface area contributed by atoms with Crippen LogP contribution in [0.2, 0.25) is 0 Å². The van der Waals surface area contributed by atoms with Crippen LogP contribution >= 0.6 is 0 Å². The fourth-order valence-corrected chi connectivity index (χ4v) is 2.04. The molecule has 0 aliphatic heterocycles. The fraction of sp³-hybridized carbons (Fsp3) is 0.316. The monoisotopic (exact) mass is 312 g/mol. The number of anilines is 1. The summed E-state index contributed by atoms with van der Waals surface area (Å²) in [6.45, 7) is 8.00. The fourth-order valence-electron chi connectivity index (χ4n) is 2.04. The van der Waals surface area contributed by atoms with Gasteiger partial charge in [0.25, 0.3) is 0 Å². The molecule has 2 aromatic carbocycles. The lowest BCUT2D eigenvalue weighted by Gasteiger charge is -2.14. The highest BCUT2D eigenvalue weighted by atomic mass is 16.5. The number of hydrogen-bond acceptors (Lipinski definition) is 4. The largest absolute Gasteiger partial charge is 0.491 e. The first-order valence-electron chi connectivity index (χ1n) is 7.85. The van der Waals surface area contributed by atoms with Gasteiger partial charge in [-0.15, -0.1) is 0 Å². The van der Waals surface area contributed by atoms with Crippen molar-refractivity contribution in [2.24, 2.45) is 5.10 Å². The van der Waals surface area contributed by atoms with Crippen LogP contribution < -0.4 is 14.9 Å². The first-order valence-corrected chi connectivity index (χ1v) is 7.85. The maximum atomic E-state index is 5.78. The van der Waals surface area contributed by atoms with Gasteiger partial charge in [0.2, 0.25) is 0 Å². The number of benzene rings is 2. The summed E-state index contributed by atoms with van der Waals surface area (Å²) in [5, 5.41) is 4.27. The Morgan fingerprint density at radius 1 is 0.870 bits per heavy atom. The topological polar surface area (TPSA) is 42.8 Å². The van der Waals surface area contributed by atoms with Gasteiger partial charge in [-0.3, -0.25) is 5.43 Å². The summed E-state index contributed by atoms with van der Waals surface area (Å²) in [6, 6.07) is 15.6. The number of hydrazone groups is 1. The third kappa shape index (κ3) is 6.02. The Bertz CT molecular complexity index is 609. The van der Waals surface area contributed by atoms with Crippen LogP contribution in [0.1, 0.15) is 33.3 Å². The molecule has 0 heterocycles. The zero-order chi connectivity index (χ0) is 16.7. The summed E-state index contributed by atoms with van der Waals surface area (Å²) in [4.78, 5) is 0. The van der Waals surface area contributed by atoms with Crippen molar-refractivity contribution in [3.63, 3.8) is 0 Å². The lowest BCUT2D eigenvalue weighted by molar-refractivity contribution is 0.229. The highest BCUT2D eigenvalue weighted by Crippen LogP contribution is 2.24. The van der Waals surface area contributed by atoms with Crippen LogP contribution in [-0.4, -0.2) is 18.4 Å². The second-order valence-electron chi connectivity index (χ2n) is 5.81. The Morgan fingerprint density at radius 3 is 1.96 bits per heavy atom. The molecule has 0 spiro atoms. The smallest absolute Gasteiger partial charge is 0.124 e. The van der Waals surface area contributed by atoms with E-state index in [1.165, 1.54) is 0 Å². The predicted octanol–water partition coefficient (Wildman–Crippen LogP) is 4.71. The minimum atomic E-state index is 0.108. The van der Waals surface area contributed by atoms with Crippen molar-refractivity contribution in [3.05, 3.63) is 54.1 Å². The lowest BCUT2D eigenvalue weighted by Crippen LogP contribution is -2.08. The zero-order valence-electron chi connectivity index (χ0n) is 14.1. The zero-order valence-corrected chi connectivity index (χ0v) is 14.1. The molecule has 0 atom stereocenters. The van der Waals surface area contributed by atoms with Crippen molar-refractivity contribution < 1.29 is 9.47 Å². The van der Waals surface area contributed by atoms with E-state index < -0.39 is 0 Å². The number of nitrogens with zero attached hydrogens (tertiary/aromatic N) is 1. The molecule has 0 aromatic heterocycles. The standard InChI is InChI=1S/C19H24N2O2/c1-14(2)22-18-10-16(11-19(12-18)23-15(3)4)13-20-21-17-8-6-5-7-9-17/h5-15,21H,1-4H3. The quantitative estimate of drug-likeness (QED) is 0.595. The first-order chi connectivity index (χ1) is 11.0. The minimum absolute atomic E-state index is 0.108. The van der Waals surface area contributed by atoms with E-state index in [4.69, 9.17) is 9.47 Å². The number of rotatable bonds is 7. The average Bonchev–Trinajstić information content (AvgIpc) is 2.46. The van der Waals surface area contributed by atoms with Crippen LogP contribution in [-0.2, 0) is 0 Å². The molecule has 0 bridgehead atoms. The second-order valence-corrected chi connectivity index (χ2v) is 5.81. The van der Waals surface area contributed by atoms with E-state index in [1.54, 1.807) is 6.21 Å². The molecule has 2 aromatic rings. The molecule has 0 saturated carbocycles. The molecule has 0 aliphatic rings. The van der Waals surface area contributed by atoms with Gasteiger partial charge < -0.3 is 9.47 Å². The summed E-state index contributed by atoms with van der Waals surface area (Å²) in [5.74, 6) is 1.55. The van der Waals surface area contributed by atoms with Crippen LogP contribution in [0.3, 0.4) is 0 Å². The van der Waals surface area contributed by atoms with Crippen molar-refractivity contribution in [1.29, 1.82) is 0 Å². The Balaban J connectivity index is 2.15. The predicted molar refractivity (Wildman–Crippen MR) is 95.6 cm³/mol. The van der Waals surface area contributed by atoms with Gasteiger partial charge in [0.05, 0.1) is 24.1 Å². The maximum Gasteiger partial charge on any atom is 0.124 e. The Labute approximate surface area is 138 Å². The molecule has 2 rings (SSSR count). The van der Waals surface area contributed by atoms with E-state index in [2.05, 4.69) is 10.5 Å². The lowest BCUT2D eigenvalue weighted by atomic mass is 10.2. The molecule has 4 nitrogen and oxygen atoms in total. The van der Waals surface area contributed by atoms with E-state index in [0.29, 0.717) is 0 Å². The van der Waals surface area contributed by atoms with Gasteiger partial charge in [-0.05, 0) is 52.0 Å². The third-order valence-corrected chi connectivity index (χ3v) is 2.83. The van der Waals surface area contributed by atoms with Gasteiger partial charge in [-0.1, -0.05) is 18.2 Å². The number of nitrogens with one attached hydrogen (secondary N) is 1. The molecule has 0 radical (unpaired) electrons. The third-order valence-electron chi connectivity index (χ3n) is 2.83. The summed E-state index contributed by atoms with van der Waals surface area (Å²) >= 11 is 0. The molecule has 0 aliphatic carbocycles. The van der Waals surface area contributed by atoms with Gasteiger partial charge >= 0.3 is 0 Å². The maximum absolute atomic E-state index is 5.78. The van der Waals surface area contributed by atoms with Gasteiger partial charge in [0, 0.05) is 11.6 Å². The minimum Gasteiger partial charge on any atom is -0.491 e. The van der Waals surface area contributed by atoms with E-state index in [1.807, 2.05) is 76.2 Å². The number of ether oxygens (including phenoxy) is 2. The van der Waals surface area contributed by atoms with Gasteiger partial charge in [-0.25, -0.2) is 0 Å². The molecule has 0 unspecified atom stereocenters. The van der Waals surface area contributed by atoms with Gasteiger partial charge in [-0.2, -0.15) is 5.10 Å². The highest BCUT2D eigenvalue weighted by Gasteiger charge is 2.05. The Hall–Kier alpha value is -2.49. The molecule has 0 fully saturated rings. The van der Waals surface area contributed by atoms with Crippen LogP contribution in [0.25, 0.3) is 0 Å². The normalized spacial score (nSPS) is 11.2. The Kier molecular flexibility index (Phi) is 6.03. The van der Waals surface area contributed by atoms with E-state index in [0.717, 1.165) is 22.7 Å². The van der Waals surface area contributed by atoms with E-state index in [-0.39, 0.29) is 12.2 Å².